The molecule has 1 heterocycles. The summed E-state index contributed by atoms with van der Waals surface area (Å²) in [6.07, 6.45) is 0.333. The van der Waals surface area contributed by atoms with E-state index in [0.29, 0.717) is 25.3 Å². The number of ether oxygens (including phenoxy) is 1. The molecule has 1 aromatic rings. The second-order valence-corrected chi connectivity index (χ2v) is 5.18. The van der Waals surface area contributed by atoms with Crippen molar-refractivity contribution in [3.63, 3.8) is 0 Å². The average Bonchev–Trinajstić information content (AvgIpc) is 2.51. The Labute approximate surface area is 115 Å². The number of rotatable bonds is 2. The SMILES string of the molecule is CC(=CN1CCOCc2cc(Br)ccc21)C(O)O. The summed E-state index contributed by atoms with van der Waals surface area (Å²) in [5, 5.41) is 18.3. The molecule has 0 aliphatic carbocycles. The molecule has 5 heteroatoms. The fourth-order valence-corrected chi connectivity index (χ4v) is 2.27. The van der Waals surface area contributed by atoms with Crippen LogP contribution in [0.2, 0.25) is 0 Å². The molecule has 0 bridgehead atoms. The first-order valence-electron chi connectivity index (χ1n) is 5.75. The third-order valence-corrected chi connectivity index (χ3v) is 3.35. The summed E-state index contributed by atoms with van der Waals surface area (Å²) in [7, 11) is 0. The van der Waals surface area contributed by atoms with E-state index in [1.165, 1.54) is 0 Å². The summed E-state index contributed by atoms with van der Waals surface area (Å²) >= 11 is 3.44. The highest BCUT2D eigenvalue weighted by Crippen LogP contribution is 2.28. The topological polar surface area (TPSA) is 52.9 Å². The van der Waals surface area contributed by atoms with Crippen molar-refractivity contribution in [3.05, 3.63) is 40.0 Å². The number of aliphatic hydroxyl groups is 2. The zero-order valence-electron chi connectivity index (χ0n) is 10.1. The second kappa shape index (κ2) is 5.84. The van der Waals surface area contributed by atoms with Crippen LogP contribution in [0, 0.1) is 0 Å². The molecule has 2 N–H and O–H groups in total. The Kier molecular flexibility index (Phi) is 4.40. The Morgan fingerprint density at radius 2 is 2.28 bits per heavy atom. The molecule has 0 unspecified atom stereocenters. The van der Waals surface area contributed by atoms with Gasteiger partial charge in [0, 0.05) is 28.5 Å². The van der Waals surface area contributed by atoms with E-state index in [9.17, 15) is 0 Å². The normalized spacial score (nSPS) is 16.7. The highest BCUT2D eigenvalue weighted by atomic mass is 79.9. The van der Waals surface area contributed by atoms with E-state index in [1.807, 2.05) is 23.1 Å². The lowest BCUT2D eigenvalue weighted by Crippen LogP contribution is -2.22. The average molecular weight is 314 g/mol. The van der Waals surface area contributed by atoms with E-state index in [0.717, 1.165) is 15.7 Å². The Balaban J connectivity index is 2.36. The minimum atomic E-state index is -1.42. The molecule has 0 spiro atoms. The lowest BCUT2D eigenvalue weighted by Gasteiger charge is -2.21. The Hall–Kier alpha value is -0.880. The predicted molar refractivity (Wildman–Crippen MR) is 73.1 cm³/mol. The van der Waals surface area contributed by atoms with Crippen molar-refractivity contribution < 1.29 is 14.9 Å². The summed E-state index contributed by atoms with van der Waals surface area (Å²) in [6.45, 7) is 3.56. The van der Waals surface area contributed by atoms with Gasteiger partial charge in [-0.15, -0.1) is 0 Å². The Morgan fingerprint density at radius 3 is 3.00 bits per heavy atom. The lowest BCUT2D eigenvalue weighted by molar-refractivity contribution is -0.00788. The number of hydrogen-bond donors (Lipinski definition) is 2. The van der Waals surface area contributed by atoms with Crippen molar-refractivity contribution in [2.24, 2.45) is 0 Å². The molecule has 0 saturated heterocycles. The van der Waals surface area contributed by atoms with E-state index in [-0.39, 0.29) is 0 Å². The van der Waals surface area contributed by atoms with Crippen LogP contribution in [0.3, 0.4) is 0 Å². The number of fused-ring (bicyclic) bond motifs is 1. The number of anilines is 1. The van der Waals surface area contributed by atoms with Gasteiger partial charge in [-0.2, -0.15) is 0 Å². The minimum absolute atomic E-state index is 0.505. The first-order chi connectivity index (χ1) is 8.58. The molecule has 0 radical (unpaired) electrons. The van der Waals surface area contributed by atoms with Gasteiger partial charge in [-0.05, 0) is 30.7 Å². The molecule has 0 saturated carbocycles. The molecular weight excluding hydrogens is 298 g/mol. The van der Waals surface area contributed by atoms with Gasteiger partial charge in [-0.1, -0.05) is 15.9 Å². The number of benzene rings is 1. The standard InChI is InChI=1S/C13H16BrNO3/c1-9(13(16)17)7-15-4-5-18-8-10-6-11(14)2-3-12(10)15/h2-3,6-7,13,16-17H,4-5,8H2,1H3. The van der Waals surface area contributed by atoms with Crippen molar-refractivity contribution in [2.75, 3.05) is 18.1 Å². The van der Waals surface area contributed by atoms with Crippen molar-refractivity contribution in [1.29, 1.82) is 0 Å². The first kappa shape index (κ1) is 13.5. The number of aliphatic hydroxyl groups excluding tert-OH is 1. The van der Waals surface area contributed by atoms with Gasteiger partial charge in [0.15, 0.2) is 6.29 Å². The number of nitrogens with zero attached hydrogens (tertiary/aromatic N) is 1. The molecule has 1 aliphatic rings. The van der Waals surface area contributed by atoms with Crippen LogP contribution in [-0.2, 0) is 11.3 Å². The predicted octanol–water partition coefficient (Wildman–Crippen LogP) is 2.00. The number of halogens is 1. The van der Waals surface area contributed by atoms with Crippen molar-refractivity contribution >= 4 is 21.6 Å². The van der Waals surface area contributed by atoms with Crippen molar-refractivity contribution in [1.82, 2.24) is 0 Å². The van der Waals surface area contributed by atoms with Crippen molar-refractivity contribution in [2.45, 2.75) is 19.8 Å². The molecule has 1 aromatic carbocycles. The smallest absolute Gasteiger partial charge is 0.175 e. The van der Waals surface area contributed by atoms with Crippen LogP contribution >= 0.6 is 15.9 Å². The highest BCUT2D eigenvalue weighted by molar-refractivity contribution is 9.10. The van der Waals surface area contributed by atoms with Gasteiger partial charge in [-0.25, -0.2) is 0 Å². The maximum atomic E-state index is 9.14. The zero-order chi connectivity index (χ0) is 13.1. The van der Waals surface area contributed by atoms with Crippen LogP contribution in [0.15, 0.2) is 34.4 Å². The molecule has 2 rings (SSSR count). The molecule has 4 nitrogen and oxygen atoms in total. The third kappa shape index (κ3) is 3.11. The molecule has 98 valence electrons. The van der Waals surface area contributed by atoms with Crippen LogP contribution in [0.25, 0.3) is 0 Å². The quantitative estimate of drug-likeness (QED) is 0.820. The van der Waals surface area contributed by atoms with Crippen LogP contribution in [0.5, 0.6) is 0 Å². The molecule has 0 amide bonds. The van der Waals surface area contributed by atoms with E-state index in [1.54, 1.807) is 13.1 Å². The van der Waals surface area contributed by atoms with Gasteiger partial charge in [0.1, 0.15) is 0 Å². The fourth-order valence-electron chi connectivity index (χ4n) is 1.86. The molecule has 0 atom stereocenters. The van der Waals surface area contributed by atoms with E-state index >= 15 is 0 Å². The van der Waals surface area contributed by atoms with Crippen LogP contribution in [-0.4, -0.2) is 29.7 Å². The number of hydrogen-bond acceptors (Lipinski definition) is 4. The molecule has 0 fully saturated rings. The summed E-state index contributed by atoms with van der Waals surface area (Å²) < 4.78 is 6.54. The molecule has 1 aliphatic heterocycles. The van der Waals surface area contributed by atoms with Gasteiger partial charge in [0.25, 0.3) is 0 Å². The summed E-state index contributed by atoms with van der Waals surface area (Å²) in [5.74, 6) is 0. The monoisotopic (exact) mass is 313 g/mol. The minimum Gasteiger partial charge on any atom is -0.375 e. The van der Waals surface area contributed by atoms with E-state index in [4.69, 9.17) is 14.9 Å². The van der Waals surface area contributed by atoms with E-state index in [2.05, 4.69) is 15.9 Å². The van der Waals surface area contributed by atoms with Crippen LogP contribution < -0.4 is 4.90 Å². The van der Waals surface area contributed by atoms with E-state index < -0.39 is 6.29 Å². The van der Waals surface area contributed by atoms with Crippen molar-refractivity contribution in [3.8, 4) is 0 Å². The summed E-state index contributed by atoms with van der Waals surface area (Å²) in [6, 6.07) is 5.99. The van der Waals surface area contributed by atoms with Gasteiger partial charge in [0.05, 0.1) is 13.2 Å². The zero-order valence-corrected chi connectivity index (χ0v) is 11.7. The largest absolute Gasteiger partial charge is 0.375 e. The fraction of sp³-hybridized carbons (Fsp3) is 0.385. The molecule has 18 heavy (non-hydrogen) atoms. The maximum Gasteiger partial charge on any atom is 0.175 e. The highest BCUT2D eigenvalue weighted by Gasteiger charge is 2.15. The first-order valence-corrected chi connectivity index (χ1v) is 6.54. The molecular formula is C13H16BrNO3. The van der Waals surface area contributed by atoms with Gasteiger partial charge in [0.2, 0.25) is 0 Å². The lowest BCUT2D eigenvalue weighted by atomic mass is 10.1. The van der Waals surface area contributed by atoms with Gasteiger partial charge < -0.3 is 19.8 Å². The van der Waals surface area contributed by atoms with Gasteiger partial charge >= 0.3 is 0 Å². The molecule has 0 aromatic heterocycles. The Morgan fingerprint density at radius 1 is 1.50 bits per heavy atom. The summed E-state index contributed by atoms with van der Waals surface area (Å²) in [4.78, 5) is 1.99. The van der Waals surface area contributed by atoms with Crippen LogP contribution in [0.1, 0.15) is 12.5 Å². The maximum absolute atomic E-state index is 9.14. The third-order valence-electron chi connectivity index (χ3n) is 2.85. The van der Waals surface area contributed by atoms with Gasteiger partial charge in [-0.3, -0.25) is 0 Å². The summed E-state index contributed by atoms with van der Waals surface area (Å²) in [5.41, 5.74) is 2.62. The second-order valence-electron chi connectivity index (χ2n) is 4.27. The Bertz CT molecular complexity index is 460. The van der Waals surface area contributed by atoms with Crippen LogP contribution in [0.4, 0.5) is 5.69 Å².